The molecule has 2 aromatic carbocycles. The van der Waals surface area contributed by atoms with Gasteiger partial charge in [0.2, 0.25) is 10.0 Å². The van der Waals surface area contributed by atoms with Crippen molar-refractivity contribution in [1.82, 2.24) is 4.72 Å². The van der Waals surface area contributed by atoms with Crippen LogP contribution in [0.5, 0.6) is 5.75 Å². The van der Waals surface area contributed by atoms with Crippen LogP contribution in [0.3, 0.4) is 0 Å². The summed E-state index contributed by atoms with van der Waals surface area (Å²) >= 11 is 2.06. The van der Waals surface area contributed by atoms with E-state index in [1.54, 1.807) is 25.3 Å². The largest absolute Gasteiger partial charge is 0.496 e. The van der Waals surface area contributed by atoms with E-state index < -0.39 is 10.0 Å². The second kappa shape index (κ2) is 7.43. The van der Waals surface area contributed by atoms with Crippen LogP contribution in [0.1, 0.15) is 24.9 Å². The highest BCUT2D eigenvalue weighted by molar-refractivity contribution is 14.1. The third-order valence-corrected chi connectivity index (χ3v) is 5.65. The number of hydrogen-bond acceptors (Lipinski definition) is 3. The quantitative estimate of drug-likeness (QED) is 0.710. The molecule has 0 bridgehead atoms. The summed E-state index contributed by atoms with van der Waals surface area (Å²) in [4.78, 5) is 0.243. The van der Waals surface area contributed by atoms with Gasteiger partial charge in [0.15, 0.2) is 0 Å². The Bertz CT molecular complexity index is 732. The van der Waals surface area contributed by atoms with Crippen LogP contribution in [0.2, 0.25) is 0 Å². The molecule has 0 amide bonds. The average Bonchev–Trinajstić information content (AvgIpc) is 2.53. The molecular weight excluding hydrogens is 413 g/mol. The molecule has 0 aliphatic carbocycles. The van der Waals surface area contributed by atoms with Crippen molar-refractivity contribution >= 4 is 32.6 Å². The van der Waals surface area contributed by atoms with Gasteiger partial charge in [0.25, 0.3) is 0 Å². The fourth-order valence-corrected chi connectivity index (χ4v) is 4.42. The van der Waals surface area contributed by atoms with Crippen LogP contribution in [0, 0.1) is 3.57 Å². The first kappa shape index (κ1) is 17.2. The minimum absolute atomic E-state index is 0.243. The van der Waals surface area contributed by atoms with Gasteiger partial charge in [-0.1, -0.05) is 37.3 Å². The third kappa shape index (κ3) is 3.99. The molecule has 1 atom stereocenters. The molecule has 6 heteroatoms. The predicted octanol–water partition coefficient (Wildman–Crippen LogP) is 3.73. The van der Waals surface area contributed by atoms with Gasteiger partial charge in [-0.05, 0) is 52.8 Å². The Morgan fingerprint density at radius 1 is 1.18 bits per heavy atom. The summed E-state index contributed by atoms with van der Waals surface area (Å²) in [7, 11) is -2.02. The van der Waals surface area contributed by atoms with Crippen LogP contribution in [0.4, 0.5) is 0 Å². The average molecular weight is 431 g/mol. The van der Waals surface area contributed by atoms with Crippen molar-refractivity contribution in [2.24, 2.45) is 0 Å². The Hall–Kier alpha value is -1.12. The van der Waals surface area contributed by atoms with E-state index in [1.165, 1.54) is 0 Å². The van der Waals surface area contributed by atoms with E-state index in [0.29, 0.717) is 12.2 Å². The summed E-state index contributed by atoms with van der Waals surface area (Å²) in [6, 6.07) is 14.2. The van der Waals surface area contributed by atoms with E-state index in [1.807, 2.05) is 37.3 Å². The summed E-state index contributed by atoms with van der Waals surface area (Å²) < 4.78 is 33.8. The maximum Gasteiger partial charge on any atom is 0.241 e. The number of hydrogen-bond donors (Lipinski definition) is 1. The van der Waals surface area contributed by atoms with Gasteiger partial charge in [-0.15, -0.1) is 0 Å². The molecule has 1 N–H and O–H groups in total. The summed E-state index contributed by atoms with van der Waals surface area (Å²) in [6.07, 6.45) is 0.677. The monoisotopic (exact) mass is 431 g/mol. The standard InChI is InChI=1S/C16H18INO3S/c1-3-15(12-7-5-4-6-8-12)18-22(19,20)13-9-10-16(21-2)14(17)11-13/h4-11,15,18H,3H2,1-2H3/t15-/m0/s1. The minimum atomic E-state index is -3.58. The van der Waals surface area contributed by atoms with Crippen molar-refractivity contribution < 1.29 is 13.2 Å². The Kier molecular flexibility index (Phi) is 5.82. The van der Waals surface area contributed by atoms with Gasteiger partial charge in [-0.2, -0.15) is 0 Å². The van der Waals surface area contributed by atoms with Crippen LogP contribution >= 0.6 is 22.6 Å². The van der Waals surface area contributed by atoms with Gasteiger partial charge in [0, 0.05) is 6.04 Å². The van der Waals surface area contributed by atoms with E-state index in [2.05, 4.69) is 27.3 Å². The first-order valence-corrected chi connectivity index (χ1v) is 9.45. The zero-order chi connectivity index (χ0) is 16.2. The lowest BCUT2D eigenvalue weighted by atomic mass is 10.1. The number of ether oxygens (including phenoxy) is 1. The Balaban J connectivity index is 2.28. The van der Waals surface area contributed by atoms with E-state index in [0.717, 1.165) is 9.13 Å². The number of rotatable bonds is 6. The van der Waals surface area contributed by atoms with E-state index in [4.69, 9.17) is 4.74 Å². The second-order valence-electron chi connectivity index (χ2n) is 4.79. The molecule has 0 saturated heterocycles. The highest BCUT2D eigenvalue weighted by Crippen LogP contribution is 2.25. The van der Waals surface area contributed by atoms with Gasteiger partial charge in [0.05, 0.1) is 15.6 Å². The second-order valence-corrected chi connectivity index (χ2v) is 7.67. The van der Waals surface area contributed by atoms with Crippen LogP contribution in [-0.4, -0.2) is 15.5 Å². The molecule has 0 aliphatic heterocycles. The molecule has 0 saturated carbocycles. The van der Waals surface area contributed by atoms with Gasteiger partial charge < -0.3 is 4.74 Å². The molecule has 22 heavy (non-hydrogen) atoms. The smallest absolute Gasteiger partial charge is 0.241 e. The van der Waals surface area contributed by atoms with Crippen molar-refractivity contribution in [3.63, 3.8) is 0 Å². The molecule has 118 valence electrons. The zero-order valence-electron chi connectivity index (χ0n) is 12.4. The molecular formula is C16H18INO3S. The van der Waals surface area contributed by atoms with Gasteiger partial charge in [0.1, 0.15) is 5.75 Å². The normalized spacial score (nSPS) is 12.9. The van der Waals surface area contributed by atoms with Crippen LogP contribution in [0.15, 0.2) is 53.4 Å². The van der Waals surface area contributed by atoms with Crippen LogP contribution in [0.25, 0.3) is 0 Å². The number of methoxy groups -OCH3 is 1. The maximum absolute atomic E-state index is 12.6. The van der Waals surface area contributed by atoms with Crippen molar-refractivity contribution in [1.29, 1.82) is 0 Å². The summed E-state index contributed by atoms with van der Waals surface area (Å²) in [5, 5.41) is 0. The first-order valence-electron chi connectivity index (χ1n) is 6.88. The Morgan fingerprint density at radius 2 is 1.86 bits per heavy atom. The molecule has 0 radical (unpaired) electrons. The van der Waals surface area contributed by atoms with Crippen molar-refractivity contribution in [3.8, 4) is 5.75 Å². The molecule has 0 unspecified atom stereocenters. The fourth-order valence-electron chi connectivity index (χ4n) is 2.14. The number of halogens is 1. The van der Waals surface area contributed by atoms with Gasteiger partial charge in [-0.25, -0.2) is 13.1 Å². The third-order valence-electron chi connectivity index (χ3n) is 3.34. The lowest BCUT2D eigenvalue weighted by Gasteiger charge is -2.18. The van der Waals surface area contributed by atoms with Crippen molar-refractivity contribution in [2.75, 3.05) is 7.11 Å². The lowest BCUT2D eigenvalue weighted by Crippen LogP contribution is -2.28. The number of benzene rings is 2. The van der Waals surface area contributed by atoms with E-state index in [-0.39, 0.29) is 10.9 Å². The van der Waals surface area contributed by atoms with Crippen molar-refractivity contribution in [2.45, 2.75) is 24.3 Å². The van der Waals surface area contributed by atoms with Gasteiger partial charge >= 0.3 is 0 Å². The predicted molar refractivity (Wildman–Crippen MR) is 95.5 cm³/mol. The molecule has 4 nitrogen and oxygen atoms in total. The van der Waals surface area contributed by atoms with Crippen LogP contribution < -0.4 is 9.46 Å². The van der Waals surface area contributed by atoms with Gasteiger partial charge in [-0.3, -0.25) is 0 Å². The lowest BCUT2D eigenvalue weighted by molar-refractivity contribution is 0.411. The minimum Gasteiger partial charge on any atom is -0.496 e. The molecule has 0 aliphatic rings. The fraction of sp³-hybridized carbons (Fsp3) is 0.250. The summed E-state index contributed by atoms with van der Waals surface area (Å²) in [6.45, 7) is 1.96. The highest BCUT2D eigenvalue weighted by atomic mass is 127. The molecule has 0 aromatic heterocycles. The molecule has 0 spiro atoms. The van der Waals surface area contributed by atoms with E-state index >= 15 is 0 Å². The Labute approximate surface area is 145 Å². The topological polar surface area (TPSA) is 55.4 Å². The maximum atomic E-state index is 12.6. The molecule has 0 fully saturated rings. The SMILES string of the molecule is CC[C@H](NS(=O)(=O)c1ccc(OC)c(I)c1)c1ccccc1. The molecule has 0 heterocycles. The molecule has 2 aromatic rings. The highest BCUT2D eigenvalue weighted by Gasteiger charge is 2.21. The first-order chi connectivity index (χ1) is 10.5. The van der Waals surface area contributed by atoms with Crippen molar-refractivity contribution in [3.05, 3.63) is 57.7 Å². The van der Waals surface area contributed by atoms with Crippen LogP contribution in [-0.2, 0) is 10.0 Å². The zero-order valence-corrected chi connectivity index (χ0v) is 15.4. The number of sulfonamides is 1. The number of nitrogens with one attached hydrogen (secondary N) is 1. The summed E-state index contributed by atoms with van der Waals surface area (Å²) in [5.74, 6) is 0.662. The van der Waals surface area contributed by atoms with E-state index in [9.17, 15) is 8.42 Å². The molecule has 2 rings (SSSR count). The summed E-state index contributed by atoms with van der Waals surface area (Å²) in [5.41, 5.74) is 0.955. The Morgan fingerprint density at radius 3 is 2.41 bits per heavy atom.